The van der Waals surface area contributed by atoms with Crippen molar-refractivity contribution in [3.63, 3.8) is 0 Å². The summed E-state index contributed by atoms with van der Waals surface area (Å²) in [6, 6.07) is 21.6. The van der Waals surface area contributed by atoms with E-state index in [0.717, 1.165) is 23.6 Å². The Bertz CT molecular complexity index is 1040. The third kappa shape index (κ3) is 2.47. The summed E-state index contributed by atoms with van der Waals surface area (Å²) < 4.78 is 7.67. The van der Waals surface area contributed by atoms with Crippen molar-refractivity contribution < 1.29 is 4.74 Å². The molecule has 4 aromatic rings. The van der Waals surface area contributed by atoms with Gasteiger partial charge in [0, 0.05) is 4.88 Å². The summed E-state index contributed by atoms with van der Waals surface area (Å²) in [5, 5.41) is 5.78. The van der Waals surface area contributed by atoms with E-state index in [-0.39, 0.29) is 12.1 Å². The summed E-state index contributed by atoms with van der Waals surface area (Å²) in [7, 11) is 1.70. The van der Waals surface area contributed by atoms with Crippen molar-refractivity contribution in [1.82, 2.24) is 9.55 Å². The summed E-state index contributed by atoms with van der Waals surface area (Å²) in [5.74, 6) is 1.82. The molecule has 0 aliphatic carbocycles. The third-order valence-corrected chi connectivity index (χ3v) is 6.04. The van der Waals surface area contributed by atoms with E-state index in [9.17, 15) is 0 Å². The minimum Gasteiger partial charge on any atom is -0.497 e. The normalized spacial score (nSPS) is 19.1. The van der Waals surface area contributed by atoms with Gasteiger partial charge in [0.1, 0.15) is 5.75 Å². The molecular weight excluding hydrogens is 342 g/mol. The van der Waals surface area contributed by atoms with E-state index in [0.29, 0.717) is 0 Å². The molecule has 0 amide bonds. The van der Waals surface area contributed by atoms with Crippen LogP contribution in [-0.2, 0) is 0 Å². The summed E-state index contributed by atoms with van der Waals surface area (Å²) in [6.07, 6.45) is 0.986. The maximum absolute atomic E-state index is 5.33. The monoisotopic (exact) mass is 361 g/mol. The van der Waals surface area contributed by atoms with E-state index in [1.54, 1.807) is 18.4 Å². The van der Waals surface area contributed by atoms with Crippen molar-refractivity contribution in [1.29, 1.82) is 0 Å². The second-order valence-electron chi connectivity index (χ2n) is 6.53. The molecule has 0 fully saturated rings. The van der Waals surface area contributed by atoms with Gasteiger partial charge in [0.25, 0.3) is 0 Å². The van der Waals surface area contributed by atoms with Crippen LogP contribution in [0.3, 0.4) is 0 Å². The number of ether oxygens (including phenoxy) is 1. The smallest absolute Gasteiger partial charge is 0.204 e. The number of hydrogen-bond donors (Lipinski definition) is 1. The minimum absolute atomic E-state index is 0.233. The Morgan fingerprint density at radius 3 is 2.69 bits per heavy atom. The van der Waals surface area contributed by atoms with E-state index in [1.165, 1.54) is 16.0 Å². The molecule has 2 aromatic heterocycles. The van der Waals surface area contributed by atoms with E-state index in [4.69, 9.17) is 9.72 Å². The zero-order valence-corrected chi connectivity index (χ0v) is 15.2. The maximum atomic E-state index is 5.33. The number of nitrogens with zero attached hydrogens (tertiary/aromatic N) is 2. The Balaban J connectivity index is 1.66. The minimum atomic E-state index is 0.233. The number of benzene rings is 2. The standard InChI is InChI=1S/C21H19N3OS/c1-25-15-10-8-14(9-11-15)19-13-17(20-7-4-12-26-20)23-21-22-16-5-2-3-6-18(16)24(19)21/h2-12,17,19H,13H2,1H3,(H,22,23)/t17-,19+/m0/s1. The zero-order valence-electron chi connectivity index (χ0n) is 14.4. The van der Waals surface area contributed by atoms with E-state index in [1.807, 2.05) is 18.2 Å². The summed E-state index contributed by atoms with van der Waals surface area (Å²) >= 11 is 1.79. The summed E-state index contributed by atoms with van der Waals surface area (Å²) in [6.45, 7) is 0. The number of methoxy groups -OCH3 is 1. The first kappa shape index (κ1) is 15.5. The van der Waals surface area contributed by atoms with Crippen LogP contribution in [0.5, 0.6) is 5.75 Å². The molecule has 0 saturated carbocycles. The van der Waals surface area contributed by atoms with Gasteiger partial charge in [-0.1, -0.05) is 30.3 Å². The molecule has 5 heteroatoms. The highest BCUT2D eigenvalue weighted by molar-refractivity contribution is 7.10. The van der Waals surface area contributed by atoms with Crippen LogP contribution in [0, 0.1) is 0 Å². The Kier molecular flexibility index (Phi) is 3.68. The lowest BCUT2D eigenvalue weighted by molar-refractivity contribution is 0.414. The van der Waals surface area contributed by atoms with E-state index >= 15 is 0 Å². The molecule has 2 aromatic carbocycles. The maximum Gasteiger partial charge on any atom is 0.204 e. The predicted molar refractivity (Wildman–Crippen MR) is 106 cm³/mol. The number of nitrogens with one attached hydrogen (secondary N) is 1. The number of hydrogen-bond acceptors (Lipinski definition) is 4. The fourth-order valence-corrected chi connectivity index (χ4v) is 4.58. The van der Waals surface area contributed by atoms with Crippen LogP contribution in [0.15, 0.2) is 66.0 Å². The molecule has 130 valence electrons. The van der Waals surface area contributed by atoms with Crippen LogP contribution < -0.4 is 10.1 Å². The lowest BCUT2D eigenvalue weighted by Crippen LogP contribution is -2.26. The molecule has 1 aliphatic heterocycles. The number of anilines is 1. The van der Waals surface area contributed by atoms with E-state index in [2.05, 4.69) is 57.7 Å². The first-order valence-electron chi connectivity index (χ1n) is 8.74. The van der Waals surface area contributed by atoms with Gasteiger partial charge in [-0.25, -0.2) is 4.98 Å². The highest BCUT2D eigenvalue weighted by Gasteiger charge is 2.31. The largest absolute Gasteiger partial charge is 0.497 e. The van der Waals surface area contributed by atoms with Crippen LogP contribution in [-0.4, -0.2) is 16.7 Å². The molecule has 0 spiro atoms. The van der Waals surface area contributed by atoms with Crippen molar-refractivity contribution in [2.75, 3.05) is 12.4 Å². The van der Waals surface area contributed by atoms with Crippen molar-refractivity contribution in [3.05, 3.63) is 76.5 Å². The van der Waals surface area contributed by atoms with Crippen LogP contribution in [0.1, 0.15) is 28.9 Å². The first-order valence-corrected chi connectivity index (χ1v) is 9.62. The van der Waals surface area contributed by atoms with Crippen molar-refractivity contribution >= 4 is 28.3 Å². The molecule has 2 atom stereocenters. The van der Waals surface area contributed by atoms with Gasteiger partial charge in [0.15, 0.2) is 0 Å². The molecule has 5 rings (SSSR count). The number of thiophene rings is 1. The Hall–Kier alpha value is -2.79. The molecule has 4 nitrogen and oxygen atoms in total. The molecule has 1 aliphatic rings. The fourth-order valence-electron chi connectivity index (χ4n) is 3.79. The highest BCUT2D eigenvalue weighted by Crippen LogP contribution is 2.42. The average molecular weight is 361 g/mol. The quantitative estimate of drug-likeness (QED) is 0.541. The third-order valence-electron chi connectivity index (χ3n) is 5.06. The lowest BCUT2D eigenvalue weighted by atomic mass is 9.96. The molecule has 3 heterocycles. The molecule has 0 bridgehead atoms. The molecule has 0 saturated heterocycles. The highest BCUT2D eigenvalue weighted by atomic mass is 32.1. The molecule has 26 heavy (non-hydrogen) atoms. The van der Waals surface area contributed by atoms with Gasteiger partial charge < -0.3 is 14.6 Å². The fraction of sp³-hybridized carbons (Fsp3) is 0.190. The van der Waals surface area contributed by atoms with Gasteiger partial charge in [0.05, 0.1) is 30.2 Å². The van der Waals surface area contributed by atoms with Gasteiger partial charge >= 0.3 is 0 Å². The van der Waals surface area contributed by atoms with E-state index < -0.39 is 0 Å². The zero-order chi connectivity index (χ0) is 17.5. The molecular formula is C21H19N3OS. The van der Waals surface area contributed by atoms with Crippen LogP contribution in [0.2, 0.25) is 0 Å². The first-order chi connectivity index (χ1) is 12.8. The second kappa shape index (κ2) is 6.18. The number of para-hydroxylation sites is 2. The topological polar surface area (TPSA) is 39.1 Å². The molecule has 0 unspecified atom stereocenters. The second-order valence-corrected chi connectivity index (χ2v) is 7.51. The Morgan fingerprint density at radius 1 is 1.08 bits per heavy atom. The van der Waals surface area contributed by atoms with Crippen molar-refractivity contribution in [2.24, 2.45) is 0 Å². The van der Waals surface area contributed by atoms with Crippen molar-refractivity contribution in [2.45, 2.75) is 18.5 Å². The van der Waals surface area contributed by atoms with Crippen LogP contribution >= 0.6 is 11.3 Å². The van der Waals surface area contributed by atoms with Gasteiger partial charge in [-0.15, -0.1) is 11.3 Å². The summed E-state index contributed by atoms with van der Waals surface area (Å²) in [4.78, 5) is 6.20. The molecule has 1 N–H and O–H groups in total. The number of imidazole rings is 1. The van der Waals surface area contributed by atoms with Gasteiger partial charge in [-0.3, -0.25) is 0 Å². The van der Waals surface area contributed by atoms with Gasteiger partial charge in [0.2, 0.25) is 5.95 Å². The van der Waals surface area contributed by atoms with Crippen LogP contribution in [0.25, 0.3) is 11.0 Å². The summed E-state index contributed by atoms with van der Waals surface area (Å²) in [5.41, 5.74) is 3.47. The number of fused-ring (bicyclic) bond motifs is 3. The van der Waals surface area contributed by atoms with Crippen molar-refractivity contribution in [3.8, 4) is 5.75 Å². The number of rotatable bonds is 3. The average Bonchev–Trinajstić information content (AvgIpc) is 3.35. The Labute approximate surface area is 156 Å². The number of aromatic nitrogens is 2. The van der Waals surface area contributed by atoms with Gasteiger partial charge in [-0.2, -0.15) is 0 Å². The molecule has 0 radical (unpaired) electrons. The van der Waals surface area contributed by atoms with Gasteiger partial charge in [-0.05, 0) is 47.7 Å². The lowest BCUT2D eigenvalue weighted by Gasteiger charge is -2.33. The SMILES string of the molecule is COc1ccc([C@H]2C[C@@H](c3cccs3)Nc3nc4ccccc4n32)cc1. The Morgan fingerprint density at radius 2 is 1.92 bits per heavy atom. The predicted octanol–water partition coefficient (Wildman–Crippen LogP) is 5.25. The van der Waals surface area contributed by atoms with Crippen LogP contribution in [0.4, 0.5) is 5.95 Å².